The molecule has 0 heterocycles. The molecule has 0 aliphatic carbocycles. The van der Waals surface area contributed by atoms with E-state index < -0.39 is 5.91 Å². The lowest BCUT2D eigenvalue weighted by molar-refractivity contribution is 0.0911. The number of carbonyl (C=O) groups is 2. The number of ether oxygens (including phenoxy) is 1. The van der Waals surface area contributed by atoms with Gasteiger partial charge in [0.1, 0.15) is 5.75 Å². The lowest BCUT2D eigenvalue weighted by Crippen LogP contribution is -2.17. The third-order valence-corrected chi connectivity index (χ3v) is 4.06. The zero-order chi connectivity index (χ0) is 17.7. The van der Waals surface area contributed by atoms with Crippen LogP contribution in [0.15, 0.2) is 36.4 Å². The van der Waals surface area contributed by atoms with Crippen LogP contribution in [0.4, 0.5) is 0 Å². The number of amides is 1. The first-order valence-corrected chi connectivity index (χ1v) is 8.21. The highest BCUT2D eigenvalue weighted by molar-refractivity contribution is 6.31. The van der Waals surface area contributed by atoms with Gasteiger partial charge in [-0.05, 0) is 48.2 Å². The van der Waals surface area contributed by atoms with E-state index in [-0.39, 0.29) is 23.7 Å². The number of benzene rings is 2. The van der Waals surface area contributed by atoms with Gasteiger partial charge in [0.05, 0.1) is 5.56 Å². The van der Waals surface area contributed by atoms with Crippen molar-refractivity contribution < 1.29 is 14.3 Å². The molecule has 0 saturated heterocycles. The number of ketones is 1. The lowest BCUT2D eigenvalue weighted by Gasteiger charge is -2.12. The average Bonchev–Trinajstić information content (AvgIpc) is 2.59. The summed E-state index contributed by atoms with van der Waals surface area (Å²) in [6, 6.07) is 10.5. The zero-order valence-electron chi connectivity index (χ0n) is 13.8. The highest BCUT2D eigenvalue weighted by Gasteiger charge is 2.15. The second-order valence-electron chi connectivity index (χ2n) is 5.42. The van der Waals surface area contributed by atoms with E-state index in [4.69, 9.17) is 22.1 Å². The van der Waals surface area contributed by atoms with E-state index in [1.165, 1.54) is 6.07 Å². The summed E-state index contributed by atoms with van der Waals surface area (Å²) in [7, 11) is 0. The van der Waals surface area contributed by atoms with Crippen LogP contribution in [0.3, 0.4) is 0 Å². The Balaban J connectivity index is 2.21. The molecule has 2 aromatic carbocycles. The van der Waals surface area contributed by atoms with Gasteiger partial charge in [0, 0.05) is 10.6 Å². The van der Waals surface area contributed by atoms with E-state index in [0.717, 1.165) is 24.0 Å². The van der Waals surface area contributed by atoms with Gasteiger partial charge in [0.25, 0.3) is 5.91 Å². The molecule has 0 saturated carbocycles. The van der Waals surface area contributed by atoms with Crippen molar-refractivity contribution in [3.63, 3.8) is 0 Å². The number of primary amides is 1. The minimum Gasteiger partial charge on any atom is -0.485 e. The van der Waals surface area contributed by atoms with Gasteiger partial charge in [0.15, 0.2) is 12.4 Å². The monoisotopic (exact) mass is 345 g/mol. The Labute approximate surface area is 146 Å². The zero-order valence-corrected chi connectivity index (χ0v) is 14.5. The van der Waals surface area contributed by atoms with E-state index in [9.17, 15) is 9.59 Å². The van der Waals surface area contributed by atoms with Crippen LogP contribution in [0.25, 0.3) is 0 Å². The molecule has 24 heavy (non-hydrogen) atoms. The predicted octanol–water partition coefficient (Wildman–Crippen LogP) is 3.83. The van der Waals surface area contributed by atoms with E-state index in [0.29, 0.717) is 10.6 Å². The van der Waals surface area contributed by atoms with Crippen molar-refractivity contribution in [3.05, 3.63) is 63.7 Å². The van der Waals surface area contributed by atoms with Gasteiger partial charge in [0.2, 0.25) is 0 Å². The Kier molecular flexibility index (Phi) is 5.99. The fourth-order valence-electron chi connectivity index (χ4n) is 2.45. The number of halogens is 1. The van der Waals surface area contributed by atoms with Gasteiger partial charge in [-0.15, -0.1) is 0 Å². The third kappa shape index (κ3) is 4.15. The molecule has 0 aliphatic rings. The van der Waals surface area contributed by atoms with Gasteiger partial charge in [-0.25, -0.2) is 0 Å². The molecular formula is C19H20ClNO3. The van der Waals surface area contributed by atoms with E-state index in [1.807, 2.05) is 32.0 Å². The molecule has 0 spiro atoms. The van der Waals surface area contributed by atoms with Crippen LogP contribution in [0.1, 0.15) is 45.7 Å². The van der Waals surface area contributed by atoms with Crippen molar-refractivity contribution >= 4 is 23.3 Å². The molecule has 0 aliphatic heterocycles. The van der Waals surface area contributed by atoms with E-state index >= 15 is 0 Å². The molecule has 126 valence electrons. The summed E-state index contributed by atoms with van der Waals surface area (Å²) >= 11 is 5.86. The number of hydrogen-bond acceptors (Lipinski definition) is 3. The summed E-state index contributed by atoms with van der Waals surface area (Å²) in [4.78, 5) is 24.0. The summed E-state index contributed by atoms with van der Waals surface area (Å²) in [6.07, 6.45) is 1.62. The fraction of sp³-hybridized carbons (Fsp3) is 0.263. The normalized spacial score (nSPS) is 10.5. The van der Waals surface area contributed by atoms with Crippen LogP contribution in [0.2, 0.25) is 5.02 Å². The molecule has 0 bridgehead atoms. The average molecular weight is 346 g/mol. The maximum atomic E-state index is 12.5. The Morgan fingerprint density at radius 1 is 1.04 bits per heavy atom. The minimum atomic E-state index is -0.651. The van der Waals surface area contributed by atoms with Crippen LogP contribution in [0.5, 0.6) is 5.75 Å². The predicted molar refractivity (Wildman–Crippen MR) is 95.0 cm³/mol. The Hall–Kier alpha value is -2.33. The van der Waals surface area contributed by atoms with Crippen LogP contribution in [-0.4, -0.2) is 18.3 Å². The first-order chi connectivity index (χ1) is 11.5. The molecule has 0 atom stereocenters. The Morgan fingerprint density at radius 2 is 1.79 bits per heavy atom. The van der Waals surface area contributed by atoms with Crippen LogP contribution >= 0.6 is 11.6 Å². The molecule has 2 N–H and O–H groups in total. The van der Waals surface area contributed by atoms with Gasteiger partial charge >= 0.3 is 0 Å². The highest BCUT2D eigenvalue weighted by Crippen LogP contribution is 2.23. The molecule has 0 unspecified atom stereocenters. The summed E-state index contributed by atoms with van der Waals surface area (Å²) < 4.78 is 5.53. The third-order valence-electron chi connectivity index (χ3n) is 3.83. The number of Topliss-reactive ketones (excluding diaryl/α,β-unsaturated/α-hetero) is 1. The van der Waals surface area contributed by atoms with Gasteiger partial charge in [-0.3, -0.25) is 9.59 Å². The molecule has 0 aromatic heterocycles. The molecule has 0 radical (unpaired) electrons. The van der Waals surface area contributed by atoms with Crippen molar-refractivity contribution in [1.82, 2.24) is 0 Å². The maximum Gasteiger partial charge on any atom is 0.252 e. The fourth-order valence-corrected chi connectivity index (χ4v) is 2.63. The maximum absolute atomic E-state index is 12.5. The Morgan fingerprint density at radius 3 is 2.42 bits per heavy atom. The quantitative estimate of drug-likeness (QED) is 0.775. The number of rotatable bonds is 7. The van der Waals surface area contributed by atoms with Crippen molar-refractivity contribution in [2.45, 2.75) is 26.7 Å². The van der Waals surface area contributed by atoms with E-state index in [2.05, 4.69) is 0 Å². The van der Waals surface area contributed by atoms with Crippen LogP contribution < -0.4 is 10.5 Å². The largest absolute Gasteiger partial charge is 0.485 e. The molecular weight excluding hydrogens is 326 g/mol. The second kappa shape index (κ2) is 7.97. The molecule has 1 amide bonds. The number of carbonyl (C=O) groups excluding carboxylic acids is 2. The SMILES string of the molecule is CCc1ccc(CC)c(C(=O)COc2ccc(Cl)cc2C(N)=O)c1. The van der Waals surface area contributed by atoms with Gasteiger partial charge in [-0.2, -0.15) is 0 Å². The van der Waals surface area contributed by atoms with Crippen molar-refractivity contribution in [3.8, 4) is 5.75 Å². The summed E-state index contributed by atoms with van der Waals surface area (Å²) in [5.41, 5.74) is 8.22. The smallest absolute Gasteiger partial charge is 0.252 e. The van der Waals surface area contributed by atoms with Crippen molar-refractivity contribution in [2.24, 2.45) is 5.73 Å². The first-order valence-electron chi connectivity index (χ1n) is 7.83. The number of hydrogen-bond donors (Lipinski definition) is 1. The van der Waals surface area contributed by atoms with Crippen LogP contribution in [-0.2, 0) is 12.8 Å². The van der Waals surface area contributed by atoms with Crippen molar-refractivity contribution in [1.29, 1.82) is 0 Å². The van der Waals surface area contributed by atoms with Crippen LogP contribution in [0, 0.1) is 0 Å². The minimum absolute atomic E-state index is 0.132. The molecule has 5 heteroatoms. The summed E-state index contributed by atoms with van der Waals surface area (Å²) in [6.45, 7) is 3.88. The molecule has 0 fully saturated rings. The Bertz CT molecular complexity index is 771. The summed E-state index contributed by atoms with van der Waals surface area (Å²) in [5, 5.41) is 0.381. The second-order valence-corrected chi connectivity index (χ2v) is 5.85. The summed E-state index contributed by atoms with van der Waals surface area (Å²) in [5.74, 6) is -0.528. The molecule has 2 aromatic rings. The van der Waals surface area contributed by atoms with E-state index in [1.54, 1.807) is 12.1 Å². The lowest BCUT2D eigenvalue weighted by atomic mass is 9.98. The highest BCUT2D eigenvalue weighted by atomic mass is 35.5. The molecule has 2 rings (SSSR count). The number of aryl methyl sites for hydroxylation is 2. The molecule has 4 nitrogen and oxygen atoms in total. The first kappa shape index (κ1) is 18.0. The van der Waals surface area contributed by atoms with Gasteiger partial charge < -0.3 is 10.5 Å². The van der Waals surface area contributed by atoms with Gasteiger partial charge in [-0.1, -0.05) is 37.6 Å². The van der Waals surface area contributed by atoms with Crippen molar-refractivity contribution in [2.75, 3.05) is 6.61 Å². The standard InChI is InChI=1S/C19H20ClNO3/c1-3-12-5-6-13(4-2)15(9-12)17(22)11-24-18-8-7-14(20)10-16(18)19(21)23/h5-10H,3-4,11H2,1-2H3,(H2,21,23). The topological polar surface area (TPSA) is 69.4 Å². The number of nitrogens with two attached hydrogens (primary N) is 1.